The summed E-state index contributed by atoms with van der Waals surface area (Å²) in [6.45, 7) is 3.55. The van der Waals surface area contributed by atoms with Crippen molar-refractivity contribution in [2.24, 2.45) is 5.92 Å². The first kappa shape index (κ1) is 11.9. The van der Waals surface area contributed by atoms with Crippen LogP contribution in [-0.2, 0) is 0 Å². The fourth-order valence-corrected chi connectivity index (χ4v) is 1.80. The number of nitrogens with one attached hydrogen (secondary N) is 1. The second-order valence-corrected chi connectivity index (χ2v) is 4.42. The van der Waals surface area contributed by atoms with Crippen LogP contribution in [0.1, 0.15) is 31.4 Å². The number of ether oxygens (including phenoxy) is 1. The van der Waals surface area contributed by atoms with Crippen LogP contribution in [0.3, 0.4) is 0 Å². The first-order chi connectivity index (χ1) is 8.33. The van der Waals surface area contributed by atoms with Gasteiger partial charge in [0, 0.05) is 0 Å². The molecule has 1 fully saturated rings. The minimum atomic E-state index is -0.226. The summed E-state index contributed by atoms with van der Waals surface area (Å²) in [5.41, 5.74) is 0.985. The van der Waals surface area contributed by atoms with Gasteiger partial charge in [-0.05, 0) is 49.9 Å². The molecule has 1 saturated carbocycles. The summed E-state index contributed by atoms with van der Waals surface area (Å²) in [6.07, 6.45) is 2.59. The van der Waals surface area contributed by atoms with E-state index >= 15 is 0 Å². The fourth-order valence-electron chi connectivity index (χ4n) is 1.80. The molecule has 3 nitrogen and oxygen atoms in total. The molecule has 2 rings (SSSR count). The van der Waals surface area contributed by atoms with E-state index in [4.69, 9.17) is 4.74 Å². The van der Waals surface area contributed by atoms with Crippen LogP contribution in [0.5, 0.6) is 5.75 Å². The number of nitrogens with zero attached hydrogens (tertiary/aromatic N) is 1. The van der Waals surface area contributed by atoms with Crippen molar-refractivity contribution in [2.75, 3.05) is 13.2 Å². The molecule has 1 aliphatic carbocycles. The van der Waals surface area contributed by atoms with Crippen molar-refractivity contribution in [3.63, 3.8) is 0 Å². The highest BCUT2D eigenvalue weighted by Crippen LogP contribution is 2.28. The lowest BCUT2D eigenvalue weighted by molar-refractivity contribution is 0.339. The second kappa shape index (κ2) is 5.70. The Morgan fingerprint density at radius 3 is 3.00 bits per heavy atom. The van der Waals surface area contributed by atoms with E-state index in [0.717, 1.165) is 23.8 Å². The minimum Gasteiger partial charge on any atom is -0.494 e. The van der Waals surface area contributed by atoms with E-state index in [1.807, 2.05) is 31.2 Å². The maximum Gasteiger partial charge on any atom is 0.121 e. The molecule has 1 N–H and O–H groups in total. The fraction of sp³-hybridized carbons (Fsp3) is 0.500. The van der Waals surface area contributed by atoms with Crippen molar-refractivity contribution < 1.29 is 4.74 Å². The zero-order valence-corrected chi connectivity index (χ0v) is 10.1. The lowest BCUT2D eigenvalue weighted by Gasteiger charge is -2.12. The van der Waals surface area contributed by atoms with Gasteiger partial charge < -0.3 is 4.74 Å². The predicted molar refractivity (Wildman–Crippen MR) is 66.7 cm³/mol. The largest absolute Gasteiger partial charge is 0.494 e. The van der Waals surface area contributed by atoms with Crippen molar-refractivity contribution in [3.8, 4) is 11.8 Å². The minimum absolute atomic E-state index is 0.226. The van der Waals surface area contributed by atoms with E-state index in [2.05, 4.69) is 11.4 Å². The van der Waals surface area contributed by atoms with Crippen molar-refractivity contribution in [1.82, 2.24) is 5.32 Å². The highest BCUT2D eigenvalue weighted by atomic mass is 16.5. The van der Waals surface area contributed by atoms with Crippen LogP contribution < -0.4 is 10.1 Å². The van der Waals surface area contributed by atoms with Gasteiger partial charge in [0.15, 0.2) is 0 Å². The van der Waals surface area contributed by atoms with Gasteiger partial charge in [0.05, 0.1) is 12.7 Å². The number of rotatable bonds is 6. The van der Waals surface area contributed by atoms with Gasteiger partial charge in [-0.1, -0.05) is 12.1 Å². The number of hydrogen-bond donors (Lipinski definition) is 1. The Kier molecular flexibility index (Phi) is 4.00. The van der Waals surface area contributed by atoms with E-state index in [1.165, 1.54) is 12.8 Å². The molecule has 1 atom stereocenters. The van der Waals surface area contributed by atoms with E-state index in [9.17, 15) is 5.26 Å². The SMILES string of the molecule is CCOc1cccc(C(C#N)NCC2CC2)c1. The molecular weight excluding hydrogens is 212 g/mol. The number of nitriles is 1. The van der Waals surface area contributed by atoms with Gasteiger partial charge in [0.2, 0.25) is 0 Å². The molecule has 0 aromatic heterocycles. The third kappa shape index (κ3) is 3.47. The zero-order valence-electron chi connectivity index (χ0n) is 10.1. The lowest BCUT2D eigenvalue weighted by atomic mass is 10.1. The monoisotopic (exact) mass is 230 g/mol. The molecule has 1 aromatic carbocycles. The van der Waals surface area contributed by atoms with E-state index in [1.54, 1.807) is 0 Å². The molecule has 0 saturated heterocycles. The molecule has 0 bridgehead atoms. The molecule has 0 amide bonds. The van der Waals surface area contributed by atoms with Crippen LogP contribution in [0.25, 0.3) is 0 Å². The summed E-state index contributed by atoms with van der Waals surface area (Å²) >= 11 is 0. The van der Waals surface area contributed by atoms with Gasteiger partial charge in [0.25, 0.3) is 0 Å². The van der Waals surface area contributed by atoms with Crippen LogP contribution in [0.15, 0.2) is 24.3 Å². The Balaban J connectivity index is 2.01. The second-order valence-electron chi connectivity index (χ2n) is 4.42. The summed E-state index contributed by atoms with van der Waals surface area (Å²) in [5, 5.41) is 12.5. The van der Waals surface area contributed by atoms with Gasteiger partial charge in [-0.2, -0.15) is 5.26 Å². The average Bonchev–Trinajstić information content (AvgIpc) is 3.15. The summed E-state index contributed by atoms with van der Waals surface area (Å²) in [5.74, 6) is 1.61. The maximum atomic E-state index is 9.18. The molecular formula is C14H18N2O. The Labute approximate surface area is 102 Å². The molecule has 1 unspecified atom stereocenters. The third-order valence-corrected chi connectivity index (χ3v) is 2.94. The maximum absolute atomic E-state index is 9.18. The van der Waals surface area contributed by atoms with Crippen molar-refractivity contribution in [2.45, 2.75) is 25.8 Å². The standard InChI is InChI=1S/C14H18N2O/c1-2-17-13-5-3-4-12(8-13)14(9-15)16-10-11-6-7-11/h3-5,8,11,14,16H,2,6-7,10H2,1H3. The van der Waals surface area contributed by atoms with Crippen LogP contribution in [0, 0.1) is 17.2 Å². The van der Waals surface area contributed by atoms with Crippen LogP contribution >= 0.6 is 0 Å². The highest BCUT2D eigenvalue weighted by Gasteiger charge is 2.22. The van der Waals surface area contributed by atoms with Crippen molar-refractivity contribution in [1.29, 1.82) is 5.26 Å². The highest BCUT2D eigenvalue weighted by molar-refractivity contribution is 5.33. The molecule has 17 heavy (non-hydrogen) atoms. The quantitative estimate of drug-likeness (QED) is 0.817. The van der Waals surface area contributed by atoms with Crippen molar-refractivity contribution in [3.05, 3.63) is 29.8 Å². The first-order valence-corrected chi connectivity index (χ1v) is 6.19. The van der Waals surface area contributed by atoms with E-state index in [-0.39, 0.29) is 6.04 Å². The topological polar surface area (TPSA) is 45.0 Å². The molecule has 1 aliphatic rings. The Bertz CT molecular complexity index is 407. The molecule has 0 heterocycles. The molecule has 0 spiro atoms. The lowest BCUT2D eigenvalue weighted by Crippen LogP contribution is -2.22. The number of hydrogen-bond acceptors (Lipinski definition) is 3. The zero-order chi connectivity index (χ0) is 12.1. The van der Waals surface area contributed by atoms with E-state index in [0.29, 0.717) is 6.61 Å². The summed E-state index contributed by atoms with van der Waals surface area (Å²) < 4.78 is 5.44. The predicted octanol–water partition coefficient (Wildman–Crippen LogP) is 2.65. The van der Waals surface area contributed by atoms with Gasteiger partial charge in [0.1, 0.15) is 11.8 Å². The number of benzene rings is 1. The molecule has 3 heteroatoms. The van der Waals surface area contributed by atoms with Crippen LogP contribution in [-0.4, -0.2) is 13.2 Å². The summed E-state index contributed by atoms with van der Waals surface area (Å²) in [6, 6.07) is 9.84. The van der Waals surface area contributed by atoms with E-state index < -0.39 is 0 Å². The first-order valence-electron chi connectivity index (χ1n) is 6.19. The van der Waals surface area contributed by atoms with Gasteiger partial charge >= 0.3 is 0 Å². The Morgan fingerprint density at radius 2 is 2.35 bits per heavy atom. The summed E-state index contributed by atoms with van der Waals surface area (Å²) in [7, 11) is 0. The molecule has 0 aliphatic heterocycles. The third-order valence-electron chi connectivity index (χ3n) is 2.94. The Hall–Kier alpha value is -1.53. The molecule has 0 radical (unpaired) electrons. The summed E-state index contributed by atoms with van der Waals surface area (Å²) in [4.78, 5) is 0. The van der Waals surface area contributed by atoms with Gasteiger partial charge in [-0.3, -0.25) is 5.32 Å². The molecule has 90 valence electrons. The van der Waals surface area contributed by atoms with Crippen molar-refractivity contribution >= 4 is 0 Å². The van der Waals surface area contributed by atoms with Crippen LogP contribution in [0.4, 0.5) is 0 Å². The normalized spacial score (nSPS) is 16.2. The van der Waals surface area contributed by atoms with Crippen LogP contribution in [0.2, 0.25) is 0 Å². The smallest absolute Gasteiger partial charge is 0.121 e. The average molecular weight is 230 g/mol. The van der Waals surface area contributed by atoms with Gasteiger partial charge in [-0.25, -0.2) is 0 Å². The Morgan fingerprint density at radius 1 is 1.53 bits per heavy atom. The van der Waals surface area contributed by atoms with Gasteiger partial charge in [-0.15, -0.1) is 0 Å². The molecule has 1 aromatic rings.